The van der Waals surface area contributed by atoms with Crippen molar-refractivity contribution < 1.29 is 4.79 Å². The van der Waals surface area contributed by atoms with Gasteiger partial charge in [0.05, 0.1) is 10.6 Å². The molecule has 1 heterocycles. The van der Waals surface area contributed by atoms with E-state index in [0.29, 0.717) is 23.2 Å². The van der Waals surface area contributed by atoms with Crippen LogP contribution < -0.4 is 11.1 Å². The van der Waals surface area contributed by atoms with Crippen molar-refractivity contribution in [1.29, 1.82) is 0 Å². The van der Waals surface area contributed by atoms with Gasteiger partial charge in [0, 0.05) is 19.8 Å². The van der Waals surface area contributed by atoms with Crippen LogP contribution in [0.25, 0.3) is 0 Å². The van der Waals surface area contributed by atoms with Gasteiger partial charge in [-0.3, -0.25) is 4.79 Å². The molecule has 5 heteroatoms. The first-order valence-corrected chi connectivity index (χ1v) is 7.21. The van der Waals surface area contributed by atoms with E-state index < -0.39 is 0 Å². The van der Waals surface area contributed by atoms with Gasteiger partial charge in [0.2, 0.25) is 0 Å². The summed E-state index contributed by atoms with van der Waals surface area (Å²) in [6.07, 6.45) is 6.14. The lowest BCUT2D eigenvalue weighted by Gasteiger charge is -2.42. The molecule has 0 radical (unpaired) electrons. The summed E-state index contributed by atoms with van der Waals surface area (Å²) in [4.78, 5) is 12.4. The van der Waals surface area contributed by atoms with Crippen LogP contribution in [0.3, 0.4) is 0 Å². The van der Waals surface area contributed by atoms with Gasteiger partial charge in [0.1, 0.15) is 5.69 Å². The Morgan fingerprint density at radius 3 is 2.89 bits per heavy atom. The van der Waals surface area contributed by atoms with Crippen molar-refractivity contribution in [2.24, 2.45) is 18.7 Å². The van der Waals surface area contributed by atoms with Gasteiger partial charge in [0.15, 0.2) is 0 Å². The van der Waals surface area contributed by atoms with E-state index >= 15 is 0 Å². The Kier molecular flexibility index (Phi) is 4.21. The summed E-state index contributed by atoms with van der Waals surface area (Å²) < 4.78 is 1.75. The van der Waals surface area contributed by atoms with Crippen LogP contribution >= 0.6 is 11.6 Å². The van der Waals surface area contributed by atoms with Gasteiger partial charge in [-0.1, -0.05) is 31.4 Å². The molecule has 2 atom stereocenters. The lowest BCUT2D eigenvalue weighted by molar-refractivity contribution is 0.0804. The standard InChI is InChI=1S/C14H22ClN3O/c1-10-5-3-4-6-14(10,9-16)17-13(19)12-7-11(15)8-18(12)2/h7-8,10H,3-6,9,16H2,1-2H3,(H,17,19). The van der Waals surface area contributed by atoms with E-state index in [1.807, 2.05) is 7.05 Å². The Bertz CT molecular complexity index is 471. The van der Waals surface area contributed by atoms with Crippen molar-refractivity contribution in [3.63, 3.8) is 0 Å². The van der Waals surface area contributed by atoms with Gasteiger partial charge in [-0.2, -0.15) is 0 Å². The van der Waals surface area contributed by atoms with Crippen LogP contribution in [-0.2, 0) is 7.05 Å². The molecule has 2 unspecified atom stereocenters. The SMILES string of the molecule is CC1CCCCC1(CN)NC(=O)c1cc(Cl)cn1C. The number of aromatic nitrogens is 1. The van der Waals surface area contributed by atoms with Crippen LogP contribution in [0.5, 0.6) is 0 Å². The number of rotatable bonds is 3. The quantitative estimate of drug-likeness (QED) is 0.894. The number of halogens is 1. The minimum absolute atomic E-state index is 0.0893. The third-order valence-electron chi connectivity index (χ3n) is 4.38. The molecule has 0 aromatic carbocycles. The molecular formula is C14H22ClN3O. The van der Waals surface area contributed by atoms with Gasteiger partial charge in [0.25, 0.3) is 5.91 Å². The number of hydrogen-bond acceptors (Lipinski definition) is 2. The molecule has 106 valence electrons. The minimum atomic E-state index is -0.272. The maximum atomic E-state index is 12.4. The smallest absolute Gasteiger partial charge is 0.268 e. The topological polar surface area (TPSA) is 60.0 Å². The lowest BCUT2D eigenvalue weighted by atomic mass is 9.73. The summed E-state index contributed by atoms with van der Waals surface area (Å²) in [5.41, 5.74) is 6.26. The zero-order valence-electron chi connectivity index (χ0n) is 11.6. The largest absolute Gasteiger partial charge is 0.345 e. The molecule has 0 bridgehead atoms. The first-order chi connectivity index (χ1) is 8.98. The second kappa shape index (κ2) is 5.55. The summed E-state index contributed by atoms with van der Waals surface area (Å²) in [6, 6.07) is 1.69. The van der Waals surface area contributed by atoms with Gasteiger partial charge < -0.3 is 15.6 Å². The highest BCUT2D eigenvalue weighted by molar-refractivity contribution is 6.31. The molecule has 19 heavy (non-hydrogen) atoms. The number of nitrogens with two attached hydrogens (primary N) is 1. The Morgan fingerprint density at radius 1 is 1.63 bits per heavy atom. The monoisotopic (exact) mass is 283 g/mol. The fraction of sp³-hybridized carbons (Fsp3) is 0.643. The molecular weight excluding hydrogens is 262 g/mol. The second-order valence-corrected chi connectivity index (χ2v) is 6.05. The highest BCUT2D eigenvalue weighted by Gasteiger charge is 2.38. The molecule has 0 aliphatic heterocycles. The lowest BCUT2D eigenvalue weighted by Crippen LogP contribution is -2.59. The first-order valence-electron chi connectivity index (χ1n) is 6.83. The number of nitrogens with one attached hydrogen (secondary N) is 1. The number of carbonyl (C=O) groups excluding carboxylic acids is 1. The summed E-state index contributed by atoms with van der Waals surface area (Å²) in [5, 5.41) is 3.73. The van der Waals surface area contributed by atoms with Crippen LogP contribution in [0.1, 0.15) is 43.1 Å². The molecule has 1 aliphatic rings. The molecule has 1 aromatic rings. The number of carbonyl (C=O) groups is 1. The van der Waals surface area contributed by atoms with E-state index in [4.69, 9.17) is 17.3 Å². The number of nitrogens with zero attached hydrogens (tertiary/aromatic N) is 1. The van der Waals surface area contributed by atoms with Crippen LogP contribution in [0.4, 0.5) is 0 Å². The van der Waals surface area contributed by atoms with Crippen LogP contribution in [-0.4, -0.2) is 22.6 Å². The van der Waals surface area contributed by atoms with E-state index in [2.05, 4.69) is 12.2 Å². The maximum Gasteiger partial charge on any atom is 0.268 e. The third-order valence-corrected chi connectivity index (χ3v) is 4.59. The second-order valence-electron chi connectivity index (χ2n) is 5.62. The molecule has 1 aromatic heterocycles. The fourth-order valence-electron chi connectivity index (χ4n) is 2.99. The Morgan fingerprint density at radius 2 is 2.37 bits per heavy atom. The molecule has 1 aliphatic carbocycles. The average Bonchev–Trinajstić information content (AvgIpc) is 2.71. The minimum Gasteiger partial charge on any atom is -0.345 e. The molecule has 2 rings (SSSR count). The first kappa shape index (κ1) is 14.4. The highest BCUT2D eigenvalue weighted by Crippen LogP contribution is 2.33. The van der Waals surface area contributed by atoms with Crippen molar-refractivity contribution in [2.75, 3.05) is 6.54 Å². The highest BCUT2D eigenvalue weighted by atomic mass is 35.5. The molecule has 1 saturated carbocycles. The van der Waals surface area contributed by atoms with Crippen LogP contribution in [0.15, 0.2) is 12.3 Å². The zero-order valence-corrected chi connectivity index (χ0v) is 12.3. The summed E-state index contributed by atoms with van der Waals surface area (Å²) in [6.45, 7) is 2.66. The van der Waals surface area contributed by atoms with E-state index in [1.165, 1.54) is 6.42 Å². The van der Waals surface area contributed by atoms with Crippen molar-refractivity contribution in [1.82, 2.24) is 9.88 Å². The maximum absolute atomic E-state index is 12.4. The predicted molar refractivity (Wildman–Crippen MR) is 77.3 cm³/mol. The molecule has 3 N–H and O–H groups in total. The van der Waals surface area contributed by atoms with Gasteiger partial charge in [-0.15, -0.1) is 0 Å². The van der Waals surface area contributed by atoms with Crippen LogP contribution in [0.2, 0.25) is 5.02 Å². The fourth-order valence-corrected chi connectivity index (χ4v) is 3.24. The van der Waals surface area contributed by atoms with Crippen molar-refractivity contribution in [3.05, 3.63) is 23.0 Å². The molecule has 0 saturated heterocycles. The van der Waals surface area contributed by atoms with E-state index in [9.17, 15) is 4.79 Å². The molecule has 1 amide bonds. The zero-order chi connectivity index (χ0) is 14.0. The van der Waals surface area contributed by atoms with Crippen molar-refractivity contribution in [2.45, 2.75) is 38.1 Å². The summed E-state index contributed by atoms with van der Waals surface area (Å²) in [5.74, 6) is 0.319. The third kappa shape index (κ3) is 2.79. The van der Waals surface area contributed by atoms with Crippen molar-refractivity contribution in [3.8, 4) is 0 Å². The van der Waals surface area contributed by atoms with E-state index in [1.54, 1.807) is 16.8 Å². The Balaban J connectivity index is 2.18. The van der Waals surface area contributed by atoms with E-state index in [-0.39, 0.29) is 11.4 Å². The van der Waals surface area contributed by atoms with Gasteiger partial charge in [-0.05, 0) is 24.8 Å². The van der Waals surface area contributed by atoms with E-state index in [0.717, 1.165) is 19.3 Å². The summed E-state index contributed by atoms with van der Waals surface area (Å²) >= 11 is 5.92. The number of hydrogen-bond donors (Lipinski definition) is 2. The van der Waals surface area contributed by atoms with Gasteiger partial charge in [-0.25, -0.2) is 0 Å². The normalized spacial score (nSPS) is 27.3. The summed E-state index contributed by atoms with van der Waals surface area (Å²) in [7, 11) is 1.82. The predicted octanol–water partition coefficient (Wildman–Crippen LogP) is 2.32. The molecule has 4 nitrogen and oxygen atoms in total. The number of amides is 1. The number of aryl methyl sites for hydroxylation is 1. The molecule has 0 spiro atoms. The Hall–Kier alpha value is -1.00. The Labute approximate surface area is 119 Å². The van der Waals surface area contributed by atoms with Crippen molar-refractivity contribution >= 4 is 17.5 Å². The van der Waals surface area contributed by atoms with Crippen LogP contribution in [0, 0.1) is 5.92 Å². The average molecular weight is 284 g/mol. The van der Waals surface area contributed by atoms with Gasteiger partial charge >= 0.3 is 0 Å². The molecule has 1 fully saturated rings.